The molecule has 0 bridgehead atoms. The van der Waals surface area contributed by atoms with Crippen LogP contribution in [-0.2, 0) is 4.79 Å². The van der Waals surface area contributed by atoms with E-state index in [1.807, 2.05) is 0 Å². The van der Waals surface area contributed by atoms with Gasteiger partial charge < -0.3 is 15.6 Å². The second kappa shape index (κ2) is 3.47. The smallest absolute Gasteiger partial charge is 0.335 e. The van der Waals surface area contributed by atoms with Crippen LogP contribution in [0.4, 0.5) is 5.69 Å². The monoisotopic (exact) mass is 225 g/mol. The first-order chi connectivity index (χ1) is 7.08. The number of hydrogen-bond acceptors (Lipinski definition) is 3. The van der Waals surface area contributed by atoms with Gasteiger partial charge in [0.15, 0.2) is 0 Å². The van der Waals surface area contributed by atoms with Gasteiger partial charge in [-0.3, -0.25) is 0 Å². The summed E-state index contributed by atoms with van der Waals surface area (Å²) in [5, 5.41) is 9.25. The number of aliphatic carboxylic acids is 1. The molecule has 3 N–H and O–H groups in total. The van der Waals surface area contributed by atoms with E-state index in [0.717, 1.165) is 0 Å². The number of halogens is 1. The van der Waals surface area contributed by atoms with Crippen LogP contribution >= 0.6 is 11.6 Å². The number of anilines is 1. The van der Waals surface area contributed by atoms with Crippen molar-refractivity contribution in [1.29, 1.82) is 0 Å². The summed E-state index contributed by atoms with van der Waals surface area (Å²) in [5.74, 6) is -0.511. The molecule has 1 aromatic carbocycles. The van der Waals surface area contributed by atoms with E-state index in [0.29, 0.717) is 22.0 Å². The molecule has 0 amide bonds. The van der Waals surface area contributed by atoms with Crippen molar-refractivity contribution >= 4 is 29.3 Å². The molecule has 1 heterocycles. The molecule has 0 aromatic heterocycles. The van der Waals surface area contributed by atoms with Crippen LogP contribution in [0.5, 0.6) is 5.75 Å². The van der Waals surface area contributed by atoms with Crippen LogP contribution in [0.3, 0.4) is 0 Å². The fourth-order valence-corrected chi connectivity index (χ4v) is 1.65. The fraction of sp³-hybridized carbons (Fsp3) is 0.100. The molecule has 1 aromatic rings. The average molecular weight is 226 g/mol. The number of ether oxygens (including phenoxy) is 1. The van der Waals surface area contributed by atoms with E-state index in [1.54, 1.807) is 12.1 Å². The second-order valence-corrected chi connectivity index (χ2v) is 3.61. The Labute approximate surface area is 90.9 Å². The molecule has 0 atom stereocenters. The molecule has 5 heteroatoms. The van der Waals surface area contributed by atoms with Crippen LogP contribution in [0.2, 0.25) is 5.02 Å². The number of rotatable bonds is 1. The summed E-state index contributed by atoms with van der Waals surface area (Å²) in [5.41, 5.74) is 6.88. The van der Waals surface area contributed by atoms with Gasteiger partial charge in [-0.15, -0.1) is 0 Å². The Morgan fingerprint density at radius 2 is 2.27 bits per heavy atom. The third-order valence-electron chi connectivity index (χ3n) is 2.09. The molecule has 0 spiro atoms. The number of nitrogen functional groups attached to an aromatic ring is 1. The van der Waals surface area contributed by atoms with Crippen LogP contribution in [-0.4, -0.2) is 17.7 Å². The molecule has 0 saturated heterocycles. The Kier molecular flexibility index (Phi) is 2.28. The summed E-state index contributed by atoms with van der Waals surface area (Å²) in [4.78, 5) is 10.7. The topological polar surface area (TPSA) is 72.5 Å². The van der Waals surface area contributed by atoms with Crippen molar-refractivity contribution in [2.24, 2.45) is 0 Å². The third kappa shape index (κ3) is 1.76. The number of benzene rings is 1. The highest BCUT2D eigenvalue weighted by Crippen LogP contribution is 2.34. The zero-order chi connectivity index (χ0) is 11.0. The maximum absolute atomic E-state index is 10.7. The van der Waals surface area contributed by atoms with Gasteiger partial charge in [0.05, 0.1) is 11.3 Å². The lowest BCUT2D eigenvalue weighted by molar-refractivity contribution is -0.132. The molecule has 0 saturated carbocycles. The van der Waals surface area contributed by atoms with Gasteiger partial charge in [-0.25, -0.2) is 4.79 Å². The van der Waals surface area contributed by atoms with Gasteiger partial charge >= 0.3 is 5.97 Å². The molecule has 2 rings (SSSR count). The Morgan fingerprint density at radius 1 is 1.53 bits per heavy atom. The van der Waals surface area contributed by atoms with E-state index in [4.69, 9.17) is 27.2 Å². The number of hydrogen-bond donors (Lipinski definition) is 2. The van der Waals surface area contributed by atoms with Crippen molar-refractivity contribution in [3.8, 4) is 5.75 Å². The largest absolute Gasteiger partial charge is 0.486 e. The first kappa shape index (κ1) is 9.86. The van der Waals surface area contributed by atoms with Gasteiger partial charge in [0, 0.05) is 10.6 Å². The molecule has 15 heavy (non-hydrogen) atoms. The minimum Gasteiger partial charge on any atom is -0.486 e. The van der Waals surface area contributed by atoms with Crippen molar-refractivity contribution in [2.45, 2.75) is 0 Å². The van der Waals surface area contributed by atoms with E-state index in [-0.39, 0.29) is 12.2 Å². The first-order valence-electron chi connectivity index (χ1n) is 4.23. The van der Waals surface area contributed by atoms with E-state index in [9.17, 15) is 4.79 Å². The zero-order valence-corrected chi connectivity index (χ0v) is 8.41. The maximum Gasteiger partial charge on any atom is 0.335 e. The average Bonchev–Trinajstić information content (AvgIpc) is 2.16. The van der Waals surface area contributed by atoms with Gasteiger partial charge in [-0.2, -0.15) is 0 Å². The first-order valence-corrected chi connectivity index (χ1v) is 4.61. The highest BCUT2D eigenvalue weighted by atomic mass is 35.5. The summed E-state index contributed by atoms with van der Waals surface area (Å²) in [7, 11) is 0. The van der Waals surface area contributed by atoms with Crippen molar-refractivity contribution in [1.82, 2.24) is 0 Å². The predicted octanol–water partition coefficient (Wildman–Crippen LogP) is 1.78. The van der Waals surface area contributed by atoms with Gasteiger partial charge in [-0.1, -0.05) is 11.6 Å². The highest BCUT2D eigenvalue weighted by Gasteiger charge is 2.18. The quantitative estimate of drug-likeness (QED) is 0.715. The van der Waals surface area contributed by atoms with Gasteiger partial charge in [0.1, 0.15) is 12.4 Å². The highest BCUT2D eigenvalue weighted by molar-refractivity contribution is 6.31. The SMILES string of the molecule is Nc1cc(Cl)cc2c1OCC(C(=O)O)=C2. The van der Waals surface area contributed by atoms with Gasteiger partial charge in [-0.05, 0) is 18.2 Å². The van der Waals surface area contributed by atoms with E-state index in [2.05, 4.69) is 0 Å². The zero-order valence-electron chi connectivity index (χ0n) is 7.66. The Bertz CT molecular complexity index is 468. The summed E-state index contributed by atoms with van der Waals surface area (Å²) in [6, 6.07) is 3.19. The van der Waals surface area contributed by atoms with Crippen LogP contribution in [0.1, 0.15) is 5.56 Å². The van der Waals surface area contributed by atoms with Crippen LogP contribution in [0.15, 0.2) is 17.7 Å². The molecule has 4 nitrogen and oxygen atoms in total. The van der Waals surface area contributed by atoms with E-state index < -0.39 is 5.97 Å². The van der Waals surface area contributed by atoms with Crippen molar-refractivity contribution in [3.63, 3.8) is 0 Å². The summed E-state index contributed by atoms with van der Waals surface area (Å²) in [6.07, 6.45) is 1.52. The van der Waals surface area contributed by atoms with Gasteiger partial charge in [0.2, 0.25) is 0 Å². The maximum atomic E-state index is 10.7. The number of fused-ring (bicyclic) bond motifs is 1. The lowest BCUT2D eigenvalue weighted by atomic mass is 10.1. The van der Waals surface area contributed by atoms with Crippen molar-refractivity contribution < 1.29 is 14.6 Å². The third-order valence-corrected chi connectivity index (χ3v) is 2.31. The minimum atomic E-state index is -1.00. The van der Waals surface area contributed by atoms with Crippen LogP contribution in [0, 0.1) is 0 Å². The molecule has 1 aliphatic rings. The second-order valence-electron chi connectivity index (χ2n) is 3.18. The van der Waals surface area contributed by atoms with Crippen molar-refractivity contribution in [3.05, 3.63) is 28.3 Å². The molecule has 78 valence electrons. The van der Waals surface area contributed by atoms with Crippen LogP contribution < -0.4 is 10.5 Å². The van der Waals surface area contributed by atoms with E-state index in [1.165, 1.54) is 6.08 Å². The summed E-state index contributed by atoms with van der Waals surface area (Å²) in [6.45, 7) is 0.0220. The minimum absolute atomic E-state index is 0.0220. The van der Waals surface area contributed by atoms with E-state index >= 15 is 0 Å². The fourth-order valence-electron chi connectivity index (χ4n) is 1.41. The summed E-state index contributed by atoms with van der Waals surface area (Å²) >= 11 is 5.80. The van der Waals surface area contributed by atoms with Crippen LogP contribution in [0.25, 0.3) is 6.08 Å². The Balaban J connectivity index is 2.54. The molecule has 0 fully saturated rings. The van der Waals surface area contributed by atoms with Crippen molar-refractivity contribution in [2.75, 3.05) is 12.3 Å². The normalized spacial score (nSPS) is 13.8. The summed E-state index contributed by atoms with van der Waals surface area (Å²) < 4.78 is 5.25. The molecule has 0 radical (unpaired) electrons. The predicted molar refractivity (Wildman–Crippen MR) is 57.0 cm³/mol. The lowest BCUT2D eigenvalue weighted by Crippen LogP contribution is -2.15. The number of carbonyl (C=O) groups is 1. The van der Waals surface area contributed by atoms with Gasteiger partial charge in [0.25, 0.3) is 0 Å². The molecular formula is C10H8ClNO3. The number of carboxylic acids is 1. The Morgan fingerprint density at radius 3 is 2.93 bits per heavy atom. The lowest BCUT2D eigenvalue weighted by Gasteiger charge is -2.17. The standard InChI is InChI=1S/C10H8ClNO3/c11-7-2-5-1-6(10(13)14)4-15-9(5)8(12)3-7/h1-3H,4,12H2,(H,13,14). The molecular weight excluding hydrogens is 218 g/mol. The Hall–Kier alpha value is -1.68. The molecule has 0 aliphatic carbocycles. The molecule has 1 aliphatic heterocycles. The number of carboxylic acid groups (broad SMARTS) is 1. The molecule has 0 unspecified atom stereocenters. The number of nitrogens with two attached hydrogens (primary N) is 1.